The quantitative estimate of drug-likeness (QED) is 0.611. The number of thiazole rings is 1. The van der Waals surface area contributed by atoms with Gasteiger partial charge in [0, 0.05) is 12.8 Å². The van der Waals surface area contributed by atoms with Crippen molar-refractivity contribution in [1.29, 1.82) is 0 Å². The molecule has 0 aliphatic carbocycles. The van der Waals surface area contributed by atoms with E-state index in [1.807, 2.05) is 27.7 Å². The maximum atomic E-state index is 14.8. The van der Waals surface area contributed by atoms with Gasteiger partial charge in [-0.2, -0.15) is 0 Å². The molecule has 0 saturated heterocycles. The molecule has 3 aromatic rings. The van der Waals surface area contributed by atoms with Crippen molar-refractivity contribution < 1.29 is 18.7 Å². The van der Waals surface area contributed by atoms with E-state index in [9.17, 15) is 9.18 Å². The minimum absolute atomic E-state index is 0.0621. The number of fused-ring (bicyclic) bond motifs is 1. The lowest BCUT2D eigenvalue weighted by Gasteiger charge is -2.21. The van der Waals surface area contributed by atoms with Gasteiger partial charge in [0.2, 0.25) is 17.7 Å². The largest absolute Gasteiger partial charge is 0.471 e. The van der Waals surface area contributed by atoms with Crippen LogP contribution in [0.15, 0.2) is 24.5 Å². The zero-order valence-corrected chi connectivity index (χ0v) is 17.7. The number of ether oxygens (including phenoxy) is 2. The fourth-order valence-corrected chi connectivity index (χ4v) is 3.54. The van der Waals surface area contributed by atoms with E-state index in [0.717, 1.165) is 5.01 Å². The highest BCUT2D eigenvalue weighted by atomic mass is 32.1. The molecular formula is C20H23FN4O3S. The minimum Gasteiger partial charge on any atom is -0.471 e. The standard InChI is InChI=1S/C20H23FN4O3S/c1-10(2)20-25-14-6-7-15(18(21)19(14)29-20)28-17-9-22-16(8-23-17)27-12(4)11(3)24-13(5)26/h6-12H,1-5H3,(H,24,26)/t11-,12+/m0/s1. The van der Waals surface area contributed by atoms with Crippen molar-refractivity contribution in [3.05, 3.63) is 35.4 Å². The molecule has 0 bridgehead atoms. The molecule has 7 nitrogen and oxygen atoms in total. The number of amides is 1. The molecule has 0 unspecified atom stereocenters. The molecule has 1 aromatic carbocycles. The molecule has 2 aromatic heterocycles. The second kappa shape index (κ2) is 8.69. The zero-order chi connectivity index (χ0) is 21.1. The number of carbonyl (C=O) groups is 1. The summed E-state index contributed by atoms with van der Waals surface area (Å²) in [6.45, 7) is 9.13. The van der Waals surface area contributed by atoms with Crippen LogP contribution in [0.4, 0.5) is 4.39 Å². The van der Waals surface area contributed by atoms with Crippen LogP contribution in [0.2, 0.25) is 0 Å². The van der Waals surface area contributed by atoms with Gasteiger partial charge in [-0.15, -0.1) is 11.3 Å². The van der Waals surface area contributed by atoms with Crippen molar-refractivity contribution in [1.82, 2.24) is 20.3 Å². The molecule has 2 heterocycles. The Morgan fingerprint density at radius 2 is 1.83 bits per heavy atom. The third-order valence-electron chi connectivity index (χ3n) is 4.23. The lowest BCUT2D eigenvalue weighted by atomic mass is 10.2. The van der Waals surface area contributed by atoms with E-state index in [-0.39, 0.29) is 41.5 Å². The highest BCUT2D eigenvalue weighted by molar-refractivity contribution is 7.18. The third kappa shape index (κ3) is 4.97. The Bertz CT molecular complexity index is 1010. The molecule has 29 heavy (non-hydrogen) atoms. The van der Waals surface area contributed by atoms with Crippen molar-refractivity contribution in [2.24, 2.45) is 0 Å². The van der Waals surface area contributed by atoms with Crippen molar-refractivity contribution in [2.45, 2.75) is 52.7 Å². The van der Waals surface area contributed by atoms with Gasteiger partial charge >= 0.3 is 0 Å². The van der Waals surface area contributed by atoms with E-state index in [1.54, 1.807) is 6.07 Å². The second-order valence-electron chi connectivity index (χ2n) is 7.04. The molecule has 0 radical (unpaired) electrons. The zero-order valence-electron chi connectivity index (χ0n) is 16.9. The third-order valence-corrected chi connectivity index (χ3v) is 5.60. The molecule has 9 heteroatoms. The molecule has 0 saturated carbocycles. The number of hydrogen-bond donors (Lipinski definition) is 1. The van der Waals surface area contributed by atoms with E-state index in [4.69, 9.17) is 9.47 Å². The van der Waals surface area contributed by atoms with Gasteiger partial charge in [-0.1, -0.05) is 13.8 Å². The molecule has 1 amide bonds. The molecule has 1 N–H and O–H groups in total. The molecule has 2 atom stereocenters. The van der Waals surface area contributed by atoms with Crippen LogP contribution >= 0.6 is 11.3 Å². The SMILES string of the molecule is CC(=O)N[C@@H](C)[C@@H](C)Oc1cnc(Oc2ccc3nc(C(C)C)sc3c2F)cn1. The first-order valence-electron chi connectivity index (χ1n) is 9.27. The predicted molar refractivity (Wildman–Crippen MR) is 109 cm³/mol. The predicted octanol–water partition coefficient (Wildman–Crippen LogP) is 4.43. The van der Waals surface area contributed by atoms with Gasteiger partial charge < -0.3 is 14.8 Å². The molecule has 154 valence electrons. The summed E-state index contributed by atoms with van der Waals surface area (Å²) < 4.78 is 26.5. The van der Waals surface area contributed by atoms with Crippen LogP contribution in [0.5, 0.6) is 17.5 Å². The summed E-state index contributed by atoms with van der Waals surface area (Å²) in [5.74, 6) is 0.112. The Balaban J connectivity index is 1.71. The number of nitrogens with zero attached hydrogens (tertiary/aromatic N) is 3. The monoisotopic (exact) mass is 418 g/mol. The smallest absolute Gasteiger partial charge is 0.238 e. The summed E-state index contributed by atoms with van der Waals surface area (Å²) in [4.78, 5) is 23.8. The van der Waals surface area contributed by atoms with Gasteiger partial charge in [0.15, 0.2) is 11.6 Å². The molecule has 0 aliphatic rings. The van der Waals surface area contributed by atoms with Crippen LogP contribution < -0.4 is 14.8 Å². The highest BCUT2D eigenvalue weighted by Gasteiger charge is 2.17. The van der Waals surface area contributed by atoms with E-state index in [1.165, 1.54) is 36.7 Å². The molecule has 0 fully saturated rings. The average Bonchev–Trinajstić information content (AvgIpc) is 3.10. The number of halogens is 1. The van der Waals surface area contributed by atoms with Crippen LogP contribution in [0.25, 0.3) is 10.2 Å². The average molecular weight is 418 g/mol. The fourth-order valence-electron chi connectivity index (χ4n) is 2.55. The summed E-state index contributed by atoms with van der Waals surface area (Å²) in [6, 6.07) is 3.07. The van der Waals surface area contributed by atoms with E-state index < -0.39 is 5.82 Å². The highest BCUT2D eigenvalue weighted by Crippen LogP contribution is 2.34. The topological polar surface area (TPSA) is 86.2 Å². The summed E-state index contributed by atoms with van der Waals surface area (Å²) in [6.07, 6.45) is 2.45. The molecule has 0 aliphatic heterocycles. The first-order chi connectivity index (χ1) is 13.7. The first kappa shape index (κ1) is 20.9. The molecule has 0 spiro atoms. The van der Waals surface area contributed by atoms with E-state index in [2.05, 4.69) is 20.3 Å². The number of carbonyl (C=O) groups excluding carboxylic acids is 1. The minimum atomic E-state index is -0.466. The molecule has 3 rings (SSSR count). The Hall–Kier alpha value is -2.81. The number of rotatable bonds is 7. The van der Waals surface area contributed by atoms with Crippen LogP contribution in [0.1, 0.15) is 45.5 Å². The lowest BCUT2D eigenvalue weighted by molar-refractivity contribution is -0.120. The number of hydrogen-bond acceptors (Lipinski definition) is 7. The molecular weight excluding hydrogens is 395 g/mol. The van der Waals surface area contributed by atoms with Crippen molar-refractivity contribution in [3.63, 3.8) is 0 Å². The number of aromatic nitrogens is 3. The van der Waals surface area contributed by atoms with Gasteiger partial charge in [0.25, 0.3) is 0 Å². The number of benzene rings is 1. The van der Waals surface area contributed by atoms with Gasteiger partial charge in [-0.05, 0) is 26.0 Å². The lowest BCUT2D eigenvalue weighted by Crippen LogP contribution is -2.41. The van der Waals surface area contributed by atoms with Crippen LogP contribution in [0.3, 0.4) is 0 Å². The maximum absolute atomic E-state index is 14.8. The van der Waals surface area contributed by atoms with Gasteiger partial charge in [0.1, 0.15) is 6.10 Å². The van der Waals surface area contributed by atoms with Crippen LogP contribution in [-0.4, -0.2) is 33.0 Å². The Kier molecular flexibility index (Phi) is 6.26. The Labute approximate surface area is 172 Å². The van der Waals surface area contributed by atoms with Crippen LogP contribution in [0, 0.1) is 5.82 Å². The summed E-state index contributed by atoms with van der Waals surface area (Å²) in [5.41, 5.74) is 0.612. The number of nitrogens with one attached hydrogen (secondary N) is 1. The van der Waals surface area contributed by atoms with E-state index >= 15 is 0 Å². The summed E-state index contributed by atoms with van der Waals surface area (Å²) >= 11 is 1.32. The second-order valence-corrected chi connectivity index (χ2v) is 8.07. The summed E-state index contributed by atoms with van der Waals surface area (Å²) in [7, 11) is 0. The van der Waals surface area contributed by atoms with Gasteiger partial charge in [0.05, 0.1) is 33.7 Å². The Morgan fingerprint density at radius 3 is 2.45 bits per heavy atom. The van der Waals surface area contributed by atoms with Crippen molar-refractivity contribution >= 4 is 27.5 Å². The van der Waals surface area contributed by atoms with Gasteiger partial charge in [-0.3, -0.25) is 4.79 Å². The normalized spacial score (nSPS) is 13.3. The van der Waals surface area contributed by atoms with Crippen molar-refractivity contribution in [3.8, 4) is 17.5 Å². The maximum Gasteiger partial charge on any atom is 0.238 e. The Morgan fingerprint density at radius 1 is 1.14 bits per heavy atom. The van der Waals surface area contributed by atoms with E-state index in [0.29, 0.717) is 10.2 Å². The van der Waals surface area contributed by atoms with Crippen LogP contribution in [-0.2, 0) is 4.79 Å². The summed E-state index contributed by atoms with van der Waals surface area (Å²) in [5, 5.41) is 3.63. The fraction of sp³-hybridized carbons (Fsp3) is 0.400. The van der Waals surface area contributed by atoms with Crippen molar-refractivity contribution in [2.75, 3.05) is 0 Å². The first-order valence-corrected chi connectivity index (χ1v) is 10.1. The van der Waals surface area contributed by atoms with Gasteiger partial charge in [-0.25, -0.2) is 19.3 Å².